The Hall–Kier alpha value is -1.10. The summed E-state index contributed by atoms with van der Waals surface area (Å²) in [4.78, 5) is 12.0. The predicted molar refractivity (Wildman–Crippen MR) is 50.4 cm³/mol. The van der Waals surface area contributed by atoms with Crippen molar-refractivity contribution in [2.45, 2.75) is 0 Å². The van der Waals surface area contributed by atoms with E-state index in [0.29, 0.717) is 0 Å². The van der Waals surface area contributed by atoms with E-state index in [1.807, 2.05) is 0 Å². The van der Waals surface area contributed by atoms with E-state index in [2.05, 4.69) is 20.3 Å². The van der Waals surface area contributed by atoms with Gasteiger partial charge in [0.2, 0.25) is 0 Å². The lowest BCUT2D eigenvalue weighted by molar-refractivity contribution is 1.16. The zero-order valence-electron chi connectivity index (χ0n) is 6.40. The first kappa shape index (κ1) is 7.54. The molecule has 1 aliphatic heterocycles. The van der Waals surface area contributed by atoms with Crippen molar-refractivity contribution in [3.05, 3.63) is 18.7 Å². The molecule has 1 aromatic rings. The van der Waals surface area contributed by atoms with Crippen LogP contribution in [0.2, 0.25) is 0 Å². The number of nitrogens with zero attached hydrogens (tertiary/aromatic N) is 3. The predicted octanol–water partition coefficient (Wildman–Crippen LogP) is 0.991. The van der Waals surface area contributed by atoms with E-state index in [4.69, 9.17) is 0 Å². The van der Waals surface area contributed by atoms with E-state index in [9.17, 15) is 0 Å². The molecule has 0 fully saturated rings. The van der Waals surface area contributed by atoms with Gasteiger partial charge in [0.1, 0.15) is 6.33 Å². The molecule has 2 rings (SSSR count). The monoisotopic (exact) mass is 180 g/mol. The number of rotatable bonds is 1. The summed E-state index contributed by atoms with van der Waals surface area (Å²) in [7, 11) is 0. The smallest absolute Gasteiger partial charge is 0.161 e. The molecule has 4 nitrogen and oxygen atoms in total. The summed E-state index contributed by atoms with van der Waals surface area (Å²) < 4.78 is 0. The van der Waals surface area contributed by atoms with Gasteiger partial charge in [-0.25, -0.2) is 9.97 Å². The third kappa shape index (κ3) is 1.73. The molecular formula is C7H8N4S. The van der Waals surface area contributed by atoms with Gasteiger partial charge in [-0.3, -0.25) is 4.99 Å². The minimum atomic E-state index is 0.894. The minimum Gasteiger partial charge on any atom is -0.332 e. The number of aliphatic imine (C=N–C) groups is 1. The van der Waals surface area contributed by atoms with E-state index in [0.717, 1.165) is 23.2 Å². The van der Waals surface area contributed by atoms with E-state index in [-0.39, 0.29) is 0 Å². The molecule has 0 unspecified atom stereocenters. The second-order valence-corrected chi connectivity index (χ2v) is 3.37. The van der Waals surface area contributed by atoms with Crippen molar-refractivity contribution in [2.75, 3.05) is 17.6 Å². The van der Waals surface area contributed by atoms with Crippen molar-refractivity contribution >= 4 is 22.6 Å². The average Bonchev–Trinajstić information content (AvgIpc) is 2.59. The highest BCUT2D eigenvalue weighted by Gasteiger charge is 2.06. The Kier molecular flexibility index (Phi) is 2.22. The Morgan fingerprint density at radius 1 is 1.33 bits per heavy atom. The van der Waals surface area contributed by atoms with Crippen molar-refractivity contribution in [2.24, 2.45) is 4.99 Å². The van der Waals surface area contributed by atoms with Gasteiger partial charge in [-0.2, -0.15) is 0 Å². The summed E-state index contributed by atoms with van der Waals surface area (Å²) in [5.74, 6) is 1.07. The van der Waals surface area contributed by atoms with Crippen molar-refractivity contribution in [1.82, 2.24) is 9.97 Å². The number of thioether (sulfide) groups is 1. The third-order valence-corrected chi connectivity index (χ3v) is 2.29. The number of aromatic nitrogens is 2. The molecule has 1 N–H and O–H groups in total. The molecule has 62 valence electrons. The molecule has 0 saturated heterocycles. The first-order valence-corrected chi connectivity index (χ1v) is 4.63. The normalized spacial score (nSPS) is 15.8. The summed E-state index contributed by atoms with van der Waals surface area (Å²) in [6, 6.07) is 0. The standard InChI is InChI=1S/C7H8N4S/c1-2-12-7(10-1)11-6-3-8-5-9-4-6/h3-5H,1-2H2,(H,10,11). The highest BCUT2D eigenvalue weighted by Crippen LogP contribution is 2.13. The zero-order chi connectivity index (χ0) is 8.23. The van der Waals surface area contributed by atoms with Crippen molar-refractivity contribution < 1.29 is 0 Å². The molecule has 1 aromatic heterocycles. The topological polar surface area (TPSA) is 50.2 Å². The Morgan fingerprint density at radius 3 is 2.83 bits per heavy atom. The lowest BCUT2D eigenvalue weighted by Gasteiger charge is -2.01. The number of amidine groups is 1. The molecule has 12 heavy (non-hydrogen) atoms. The SMILES string of the molecule is c1ncc(NC2=NCCS2)cn1. The van der Waals surface area contributed by atoms with Gasteiger partial charge in [-0.15, -0.1) is 0 Å². The van der Waals surface area contributed by atoms with Crippen LogP contribution in [0.4, 0.5) is 5.69 Å². The van der Waals surface area contributed by atoms with Gasteiger partial charge in [-0.05, 0) is 0 Å². The number of anilines is 1. The molecule has 0 saturated carbocycles. The molecular weight excluding hydrogens is 172 g/mol. The van der Waals surface area contributed by atoms with Crippen molar-refractivity contribution in [3.63, 3.8) is 0 Å². The average molecular weight is 180 g/mol. The van der Waals surface area contributed by atoms with Gasteiger partial charge in [0.15, 0.2) is 5.17 Å². The van der Waals surface area contributed by atoms with Gasteiger partial charge in [0.25, 0.3) is 0 Å². The first-order chi connectivity index (χ1) is 5.95. The Morgan fingerprint density at radius 2 is 2.17 bits per heavy atom. The quantitative estimate of drug-likeness (QED) is 0.700. The van der Waals surface area contributed by atoms with Gasteiger partial charge in [0, 0.05) is 5.75 Å². The summed E-state index contributed by atoms with van der Waals surface area (Å²) in [6.07, 6.45) is 4.97. The summed E-state index contributed by atoms with van der Waals surface area (Å²) >= 11 is 1.72. The summed E-state index contributed by atoms with van der Waals surface area (Å²) in [6.45, 7) is 0.903. The molecule has 0 aliphatic carbocycles. The van der Waals surface area contributed by atoms with E-state index in [1.165, 1.54) is 6.33 Å². The Labute approximate surface area is 74.5 Å². The van der Waals surface area contributed by atoms with Gasteiger partial charge in [0.05, 0.1) is 24.6 Å². The molecule has 1 aliphatic rings. The Bertz CT molecular complexity index is 285. The first-order valence-electron chi connectivity index (χ1n) is 3.64. The third-order valence-electron chi connectivity index (χ3n) is 1.40. The van der Waals surface area contributed by atoms with E-state index in [1.54, 1.807) is 24.2 Å². The molecule has 0 spiro atoms. The van der Waals surface area contributed by atoms with Crippen LogP contribution in [-0.4, -0.2) is 27.4 Å². The molecule has 2 heterocycles. The molecule has 0 aromatic carbocycles. The molecule has 5 heteroatoms. The number of hydrogen-bond donors (Lipinski definition) is 1. The maximum atomic E-state index is 4.24. The van der Waals surface area contributed by atoms with E-state index < -0.39 is 0 Å². The molecule has 0 bridgehead atoms. The van der Waals surface area contributed by atoms with Crippen molar-refractivity contribution in [3.8, 4) is 0 Å². The van der Waals surface area contributed by atoms with Crippen LogP contribution in [0.3, 0.4) is 0 Å². The fraction of sp³-hybridized carbons (Fsp3) is 0.286. The molecule has 0 radical (unpaired) electrons. The van der Waals surface area contributed by atoms with Crippen LogP contribution in [0.5, 0.6) is 0 Å². The Balaban J connectivity index is 2.04. The second kappa shape index (κ2) is 3.53. The van der Waals surface area contributed by atoms with Gasteiger partial charge >= 0.3 is 0 Å². The molecule has 0 atom stereocenters. The van der Waals surface area contributed by atoms with Gasteiger partial charge in [-0.1, -0.05) is 11.8 Å². The highest BCUT2D eigenvalue weighted by molar-refractivity contribution is 8.14. The van der Waals surface area contributed by atoms with Crippen LogP contribution < -0.4 is 5.32 Å². The maximum Gasteiger partial charge on any atom is 0.161 e. The van der Waals surface area contributed by atoms with Crippen LogP contribution in [0, 0.1) is 0 Å². The minimum absolute atomic E-state index is 0.894. The lowest BCUT2D eigenvalue weighted by atomic mass is 10.5. The van der Waals surface area contributed by atoms with Crippen LogP contribution >= 0.6 is 11.8 Å². The fourth-order valence-corrected chi connectivity index (χ4v) is 1.65. The lowest BCUT2D eigenvalue weighted by Crippen LogP contribution is -2.05. The van der Waals surface area contributed by atoms with Crippen LogP contribution in [0.15, 0.2) is 23.7 Å². The van der Waals surface area contributed by atoms with Crippen LogP contribution in [-0.2, 0) is 0 Å². The number of nitrogens with one attached hydrogen (secondary N) is 1. The van der Waals surface area contributed by atoms with Gasteiger partial charge < -0.3 is 5.32 Å². The van der Waals surface area contributed by atoms with Crippen LogP contribution in [0.25, 0.3) is 0 Å². The summed E-state index contributed by atoms with van der Waals surface area (Å²) in [5, 5.41) is 4.09. The van der Waals surface area contributed by atoms with Crippen molar-refractivity contribution in [1.29, 1.82) is 0 Å². The van der Waals surface area contributed by atoms with Crippen LogP contribution in [0.1, 0.15) is 0 Å². The van der Waals surface area contributed by atoms with E-state index >= 15 is 0 Å². The largest absolute Gasteiger partial charge is 0.332 e. The highest BCUT2D eigenvalue weighted by atomic mass is 32.2. The number of hydrogen-bond acceptors (Lipinski definition) is 5. The second-order valence-electron chi connectivity index (χ2n) is 2.29. The molecule has 0 amide bonds. The summed E-state index contributed by atoms with van der Waals surface area (Å²) in [5.41, 5.74) is 0.894. The maximum absolute atomic E-state index is 4.24. The zero-order valence-corrected chi connectivity index (χ0v) is 7.21. The fourth-order valence-electron chi connectivity index (χ4n) is 0.898.